The van der Waals surface area contributed by atoms with E-state index in [4.69, 9.17) is 34.4 Å². The maximum absolute atomic E-state index is 14.8. The number of benzene rings is 1. The van der Waals surface area contributed by atoms with Gasteiger partial charge < -0.3 is 9.84 Å². The molecule has 0 fully saturated rings. The predicted molar refractivity (Wildman–Crippen MR) is 106 cm³/mol. The quantitative estimate of drug-likeness (QED) is 0.606. The Bertz CT molecular complexity index is 1150. The smallest absolute Gasteiger partial charge is 0.279 e. The van der Waals surface area contributed by atoms with E-state index in [0.717, 1.165) is 10.7 Å². The highest BCUT2D eigenvalue weighted by atomic mass is 35.5. The van der Waals surface area contributed by atoms with Crippen molar-refractivity contribution in [3.05, 3.63) is 54.6 Å². The van der Waals surface area contributed by atoms with Crippen LogP contribution in [0.15, 0.2) is 23.1 Å². The molecule has 3 aromatic rings. The second-order valence-corrected chi connectivity index (χ2v) is 7.68. The molecular weight excluding hydrogens is 428 g/mol. The lowest BCUT2D eigenvalue weighted by Crippen LogP contribution is -2.25. The summed E-state index contributed by atoms with van der Waals surface area (Å²) in [6, 6.07) is 2.37. The van der Waals surface area contributed by atoms with Gasteiger partial charge in [0.2, 0.25) is 0 Å². The minimum Gasteiger partial charge on any atom is -0.505 e. The molecule has 0 amide bonds. The van der Waals surface area contributed by atoms with Crippen molar-refractivity contribution in [3.63, 3.8) is 0 Å². The zero-order valence-corrected chi connectivity index (χ0v) is 16.7. The van der Waals surface area contributed by atoms with Crippen molar-refractivity contribution in [3.8, 4) is 35.0 Å². The first-order chi connectivity index (χ1) is 13.3. The third-order valence-electron chi connectivity index (χ3n) is 3.73. The number of hydrogen-bond acceptors (Lipinski definition) is 6. The number of aromatic nitrogens is 3. The number of thiazole rings is 1. The molecule has 28 heavy (non-hydrogen) atoms. The molecule has 0 spiro atoms. The summed E-state index contributed by atoms with van der Waals surface area (Å²) in [7, 11) is 0. The minimum atomic E-state index is -0.799. The molecule has 0 aliphatic heterocycles. The van der Waals surface area contributed by atoms with Crippen molar-refractivity contribution in [2.24, 2.45) is 0 Å². The minimum absolute atomic E-state index is 0.00999. The Labute approximate surface area is 173 Å². The molecule has 0 radical (unpaired) electrons. The molecule has 6 nitrogen and oxygen atoms in total. The SMILES string of the molecule is C#CCn1nc(C)c(O)c(-c2c(F)ccc(Cl)c2OCc2cnc(Cl)s2)c1=O. The van der Waals surface area contributed by atoms with Crippen LogP contribution in [0.3, 0.4) is 0 Å². The molecule has 0 saturated heterocycles. The van der Waals surface area contributed by atoms with Gasteiger partial charge in [0.05, 0.1) is 21.0 Å². The van der Waals surface area contributed by atoms with Gasteiger partial charge in [0.15, 0.2) is 10.2 Å². The summed E-state index contributed by atoms with van der Waals surface area (Å²) in [5.41, 5.74) is -1.28. The van der Waals surface area contributed by atoms with Crippen LogP contribution in [0, 0.1) is 25.1 Å². The number of aromatic hydroxyl groups is 1. The third-order valence-corrected chi connectivity index (χ3v) is 5.12. The van der Waals surface area contributed by atoms with E-state index in [0.29, 0.717) is 9.34 Å². The van der Waals surface area contributed by atoms with E-state index in [2.05, 4.69) is 16.0 Å². The summed E-state index contributed by atoms with van der Waals surface area (Å²) in [5, 5.41) is 14.4. The summed E-state index contributed by atoms with van der Waals surface area (Å²) >= 11 is 13.2. The molecule has 0 saturated carbocycles. The number of ether oxygens (including phenoxy) is 1. The van der Waals surface area contributed by atoms with Gasteiger partial charge >= 0.3 is 0 Å². The van der Waals surface area contributed by atoms with Gasteiger partial charge in [-0.05, 0) is 19.1 Å². The van der Waals surface area contributed by atoms with Gasteiger partial charge in [0, 0.05) is 6.20 Å². The molecule has 0 aliphatic carbocycles. The standard InChI is InChI=1S/C18H12Cl2FN3O3S/c1-3-6-24-17(26)14(15(25)9(2)23-24)13-12(21)5-4-11(19)16(13)27-8-10-7-22-18(20)28-10/h1,4-5,7,25H,6,8H2,2H3. The molecule has 3 rings (SSSR count). The molecule has 0 unspecified atom stereocenters. The highest BCUT2D eigenvalue weighted by molar-refractivity contribution is 7.15. The van der Waals surface area contributed by atoms with Gasteiger partial charge in [-0.1, -0.05) is 29.1 Å². The second kappa shape index (κ2) is 8.19. The first-order valence-corrected chi connectivity index (χ1v) is 9.36. The van der Waals surface area contributed by atoms with Gasteiger partial charge in [0.25, 0.3) is 5.56 Å². The Balaban J connectivity index is 2.18. The van der Waals surface area contributed by atoms with Crippen molar-refractivity contribution in [2.45, 2.75) is 20.1 Å². The molecule has 144 valence electrons. The second-order valence-electron chi connectivity index (χ2n) is 5.58. The summed E-state index contributed by atoms with van der Waals surface area (Å²) in [4.78, 5) is 17.3. The first kappa shape index (κ1) is 20.1. The molecular formula is C18H12Cl2FN3O3S. The Kier molecular flexibility index (Phi) is 5.89. The van der Waals surface area contributed by atoms with E-state index in [1.807, 2.05) is 0 Å². The van der Waals surface area contributed by atoms with Crippen LogP contribution in [0.1, 0.15) is 10.6 Å². The van der Waals surface area contributed by atoms with Crippen LogP contribution in [-0.2, 0) is 13.2 Å². The average Bonchev–Trinajstić information content (AvgIpc) is 3.07. The summed E-state index contributed by atoms with van der Waals surface area (Å²) < 4.78 is 21.7. The molecule has 10 heteroatoms. The van der Waals surface area contributed by atoms with Crippen LogP contribution >= 0.6 is 34.5 Å². The fraction of sp³-hybridized carbons (Fsp3) is 0.167. The number of aryl methyl sites for hydroxylation is 1. The maximum Gasteiger partial charge on any atom is 0.279 e. The molecule has 2 heterocycles. The van der Waals surface area contributed by atoms with E-state index >= 15 is 0 Å². The maximum atomic E-state index is 14.8. The van der Waals surface area contributed by atoms with Crippen LogP contribution in [0.5, 0.6) is 11.5 Å². The number of halogens is 3. The molecule has 2 aromatic heterocycles. The largest absolute Gasteiger partial charge is 0.505 e. The van der Waals surface area contributed by atoms with Gasteiger partial charge in [-0.2, -0.15) is 5.10 Å². The number of rotatable bonds is 5. The van der Waals surface area contributed by atoms with Crippen LogP contribution in [-0.4, -0.2) is 19.9 Å². The summed E-state index contributed by atoms with van der Waals surface area (Å²) in [6.45, 7) is 1.31. The van der Waals surface area contributed by atoms with E-state index in [-0.39, 0.29) is 40.7 Å². The molecule has 1 aromatic carbocycles. The van der Waals surface area contributed by atoms with Gasteiger partial charge in [0.1, 0.15) is 30.4 Å². The van der Waals surface area contributed by atoms with Crippen molar-refractivity contribution in [1.29, 1.82) is 0 Å². The first-order valence-electron chi connectivity index (χ1n) is 7.79. The molecule has 1 N–H and O–H groups in total. The van der Waals surface area contributed by atoms with Crippen molar-refractivity contribution < 1.29 is 14.2 Å². The van der Waals surface area contributed by atoms with Crippen molar-refractivity contribution >= 4 is 34.5 Å². The van der Waals surface area contributed by atoms with E-state index in [1.54, 1.807) is 0 Å². The third kappa shape index (κ3) is 3.83. The number of nitrogens with zero attached hydrogens (tertiary/aromatic N) is 3. The fourth-order valence-corrected chi connectivity index (χ4v) is 3.61. The molecule has 0 aliphatic rings. The molecule has 0 atom stereocenters. The highest BCUT2D eigenvalue weighted by Gasteiger charge is 2.25. The van der Waals surface area contributed by atoms with E-state index in [1.165, 1.54) is 30.5 Å². The Morgan fingerprint density at radius 2 is 2.14 bits per heavy atom. The Morgan fingerprint density at radius 3 is 2.79 bits per heavy atom. The van der Waals surface area contributed by atoms with Crippen LogP contribution in [0.4, 0.5) is 4.39 Å². The van der Waals surface area contributed by atoms with Crippen molar-refractivity contribution in [1.82, 2.24) is 14.8 Å². The molecule has 0 bridgehead atoms. The van der Waals surface area contributed by atoms with Crippen LogP contribution in [0.25, 0.3) is 11.1 Å². The number of hydrogen-bond donors (Lipinski definition) is 1. The van der Waals surface area contributed by atoms with Crippen LogP contribution < -0.4 is 10.3 Å². The average molecular weight is 440 g/mol. The lowest BCUT2D eigenvalue weighted by molar-refractivity contribution is 0.309. The van der Waals surface area contributed by atoms with E-state index in [9.17, 15) is 14.3 Å². The van der Waals surface area contributed by atoms with Gasteiger partial charge in [-0.3, -0.25) is 4.79 Å². The van der Waals surface area contributed by atoms with Crippen molar-refractivity contribution in [2.75, 3.05) is 0 Å². The predicted octanol–water partition coefficient (Wildman–Crippen LogP) is 4.04. The monoisotopic (exact) mass is 439 g/mol. The normalized spacial score (nSPS) is 10.7. The lowest BCUT2D eigenvalue weighted by atomic mass is 10.0. The van der Waals surface area contributed by atoms with Gasteiger partial charge in [-0.25, -0.2) is 14.1 Å². The highest BCUT2D eigenvalue weighted by Crippen LogP contribution is 2.41. The van der Waals surface area contributed by atoms with Gasteiger partial charge in [-0.15, -0.1) is 17.8 Å². The summed E-state index contributed by atoms with van der Waals surface area (Å²) in [6.07, 6.45) is 6.76. The summed E-state index contributed by atoms with van der Waals surface area (Å²) in [5.74, 6) is 0.909. The lowest BCUT2D eigenvalue weighted by Gasteiger charge is -2.16. The fourth-order valence-electron chi connectivity index (χ4n) is 2.50. The topological polar surface area (TPSA) is 77.2 Å². The number of terminal acetylenes is 1. The zero-order valence-electron chi connectivity index (χ0n) is 14.4. The van der Waals surface area contributed by atoms with Crippen LogP contribution in [0.2, 0.25) is 9.49 Å². The zero-order chi connectivity index (χ0) is 20.4. The van der Waals surface area contributed by atoms with E-state index < -0.39 is 17.1 Å². The Morgan fingerprint density at radius 1 is 1.39 bits per heavy atom. The Hall–Kier alpha value is -2.60.